The van der Waals surface area contributed by atoms with Crippen LogP contribution in [0.15, 0.2) is 65.4 Å². The molecule has 4 rings (SSSR count). The highest BCUT2D eigenvalue weighted by molar-refractivity contribution is 6.08. The number of furan rings is 1. The summed E-state index contributed by atoms with van der Waals surface area (Å²) in [5.74, 6) is 1.17. The standard InChI is InChI=1S/C27H28N4O5/c1-17-7-8-18(2)24(12-17)36-16-20-13-19(9-10-23(20)34-4)26(32)29-22-15-31(3)30-25(22)27(33)28-14-21-6-5-11-35-21/h5-13,15H,14,16H2,1-4H3,(H,28,33)(H,29,32). The summed E-state index contributed by atoms with van der Waals surface area (Å²) in [4.78, 5) is 25.8. The van der Waals surface area contributed by atoms with Crippen molar-refractivity contribution in [1.29, 1.82) is 0 Å². The lowest BCUT2D eigenvalue weighted by Crippen LogP contribution is -2.25. The number of carbonyl (C=O) groups excluding carboxylic acids is 2. The fraction of sp³-hybridized carbons (Fsp3) is 0.222. The molecule has 0 aliphatic heterocycles. The lowest BCUT2D eigenvalue weighted by atomic mass is 10.1. The summed E-state index contributed by atoms with van der Waals surface area (Å²) < 4.78 is 18.2. The molecule has 9 heteroatoms. The predicted molar refractivity (Wildman–Crippen MR) is 134 cm³/mol. The third-order valence-corrected chi connectivity index (χ3v) is 5.56. The quantitative estimate of drug-likeness (QED) is 0.362. The van der Waals surface area contributed by atoms with Crippen molar-refractivity contribution in [3.63, 3.8) is 0 Å². The monoisotopic (exact) mass is 488 g/mol. The van der Waals surface area contributed by atoms with E-state index in [9.17, 15) is 9.59 Å². The van der Waals surface area contributed by atoms with E-state index >= 15 is 0 Å². The Labute approximate surface area is 209 Å². The van der Waals surface area contributed by atoms with Gasteiger partial charge in [-0.1, -0.05) is 12.1 Å². The van der Waals surface area contributed by atoms with Crippen LogP contribution in [-0.4, -0.2) is 28.7 Å². The molecule has 0 saturated heterocycles. The van der Waals surface area contributed by atoms with Crippen molar-refractivity contribution in [3.05, 3.63) is 94.7 Å². The zero-order valence-corrected chi connectivity index (χ0v) is 20.6. The van der Waals surface area contributed by atoms with E-state index in [0.29, 0.717) is 28.3 Å². The molecule has 0 unspecified atom stereocenters. The topological polar surface area (TPSA) is 108 Å². The summed E-state index contributed by atoms with van der Waals surface area (Å²) >= 11 is 0. The van der Waals surface area contributed by atoms with E-state index in [1.165, 1.54) is 10.9 Å². The Morgan fingerprint density at radius 1 is 1.06 bits per heavy atom. The number of hydrogen-bond acceptors (Lipinski definition) is 6. The summed E-state index contributed by atoms with van der Waals surface area (Å²) in [6.45, 7) is 4.41. The van der Waals surface area contributed by atoms with Gasteiger partial charge in [-0.3, -0.25) is 14.3 Å². The van der Waals surface area contributed by atoms with Crippen molar-refractivity contribution in [2.75, 3.05) is 12.4 Å². The minimum atomic E-state index is -0.431. The Morgan fingerprint density at radius 2 is 1.89 bits per heavy atom. The Morgan fingerprint density at radius 3 is 2.64 bits per heavy atom. The average molecular weight is 489 g/mol. The van der Waals surface area contributed by atoms with Crippen molar-refractivity contribution >= 4 is 17.5 Å². The molecule has 0 aliphatic rings. The van der Waals surface area contributed by atoms with Crippen LogP contribution in [0.5, 0.6) is 11.5 Å². The zero-order valence-electron chi connectivity index (χ0n) is 20.6. The van der Waals surface area contributed by atoms with Crippen LogP contribution in [-0.2, 0) is 20.2 Å². The second-order valence-corrected chi connectivity index (χ2v) is 8.37. The van der Waals surface area contributed by atoms with Crippen molar-refractivity contribution in [2.24, 2.45) is 7.05 Å². The first kappa shape index (κ1) is 24.6. The minimum Gasteiger partial charge on any atom is -0.496 e. The van der Waals surface area contributed by atoms with Crippen LogP contribution in [0.1, 0.15) is 43.3 Å². The summed E-state index contributed by atoms with van der Waals surface area (Å²) in [6.07, 6.45) is 3.11. The van der Waals surface area contributed by atoms with E-state index in [2.05, 4.69) is 15.7 Å². The van der Waals surface area contributed by atoms with E-state index in [0.717, 1.165) is 16.9 Å². The molecule has 2 heterocycles. The van der Waals surface area contributed by atoms with Gasteiger partial charge in [-0.2, -0.15) is 5.10 Å². The van der Waals surface area contributed by atoms with Gasteiger partial charge < -0.3 is 24.5 Å². The number of hydrogen-bond donors (Lipinski definition) is 2. The number of nitrogens with one attached hydrogen (secondary N) is 2. The molecule has 0 radical (unpaired) electrons. The summed E-state index contributed by atoms with van der Waals surface area (Å²) in [7, 11) is 3.24. The average Bonchev–Trinajstić information content (AvgIpc) is 3.52. The molecule has 0 bridgehead atoms. The van der Waals surface area contributed by atoms with Crippen LogP contribution in [0.2, 0.25) is 0 Å². The van der Waals surface area contributed by atoms with E-state index in [1.807, 2.05) is 32.0 Å². The number of carbonyl (C=O) groups is 2. The Balaban J connectivity index is 1.49. The highest BCUT2D eigenvalue weighted by Gasteiger charge is 2.20. The molecule has 2 aromatic carbocycles. The number of methoxy groups -OCH3 is 1. The van der Waals surface area contributed by atoms with Gasteiger partial charge >= 0.3 is 0 Å². The van der Waals surface area contributed by atoms with Crippen LogP contribution in [0, 0.1) is 13.8 Å². The van der Waals surface area contributed by atoms with Crippen LogP contribution < -0.4 is 20.1 Å². The Hall–Kier alpha value is -4.53. The first-order valence-electron chi connectivity index (χ1n) is 11.4. The van der Waals surface area contributed by atoms with E-state index in [-0.39, 0.29) is 18.8 Å². The van der Waals surface area contributed by atoms with Gasteiger partial charge in [0.15, 0.2) is 5.69 Å². The van der Waals surface area contributed by atoms with Gasteiger partial charge in [-0.05, 0) is 61.4 Å². The van der Waals surface area contributed by atoms with Crippen molar-refractivity contribution in [3.8, 4) is 11.5 Å². The lowest BCUT2D eigenvalue weighted by Gasteiger charge is -2.14. The second-order valence-electron chi connectivity index (χ2n) is 8.37. The highest BCUT2D eigenvalue weighted by atomic mass is 16.5. The predicted octanol–water partition coefficient (Wildman–Crippen LogP) is 4.40. The molecule has 4 aromatic rings. The molecule has 0 atom stereocenters. The molecular weight excluding hydrogens is 460 g/mol. The Bertz CT molecular complexity index is 1380. The first-order valence-corrected chi connectivity index (χ1v) is 11.4. The molecule has 2 N–H and O–H groups in total. The van der Waals surface area contributed by atoms with E-state index < -0.39 is 11.8 Å². The number of rotatable bonds is 9. The zero-order chi connectivity index (χ0) is 25.7. The molecule has 36 heavy (non-hydrogen) atoms. The van der Waals surface area contributed by atoms with Crippen molar-refractivity contribution < 1.29 is 23.5 Å². The summed E-state index contributed by atoms with van der Waals surface area (Å²) in [5, 5.41) is 9.73. The van der Waals surface area contributed by atoms with Gasteiger partial charge in [0.1, 0.15) is 23.9 Å². The normalized spacial score (nSPS) is 10.7. The van der Waals surface area contributed by atoms with Crippen LogP contribution in [0.3, 0.4) is 0 Å². The number of aryl methyl sites for hydroxylation is 3. The maximum Gasteiger partial charge on any atom is 0.274 e. The molecular formula is C27H28N4O5. The fourth-order valence-corrected chi connectivity index (χ4v) is 3.66. The Kier molecular flexibility index (Phi) is 7.39. The number of anilines is 1. The summed E-state index contributed by atoms with van der Waals surface area (Å²) in [5.41, 5.74) is 3.61. The highest BCUT2D eigenvalue weighted by Crippen LogP contribution is 2.25. The molecule has 186 valence electrons. The van der Waals surface area contributed by atoms with Crippen LogP contribution >= 0.6 is 0 Å². The van der Waals surface area contributed by atoms with Gasteiger partial charge in [0.05, 0.1) is 25.6 Å². The van der Waals surface area contributed by atoms with Gasteiger partial charge in [0.2, 0.25) is 0 Å². The lowest BCUT2D eigenvalue weighted by molar-refractivity contribution is 0.0943. The molecule has 2 amide bonds. The maximum atomic E-state index is 13.1. The molecule has 2 aromatic heterocycles. The number of ether oxygens (including phenoxy) is 2. The smallest absolute Gasteiger partial charge is 0.274 e. The van der Waals surface area contributed by atoms with Gasteiger partial charge in [0, 0.05) is 24.4 Å². The number of amides is 2. The third kappa shape index (κ3) is 5.75. The fourth-order valence-electron chi connectivity index (χ4n) is 3.66. The molecule has 0 spiro atoms. The maximum absolute atomic E-state index is 13.1. The number of nitrogens with zero attached hydrogens (tertiary/aromatic N) is 2. The largest absolute Gasteiger partial charge is 0.496 e. The van der Waals surface area contributed by atoms with Gasteiger partial charge in [-0.15, -0.1) is 0 Å². The second kappa shape index (κ2) is 10.8. The van der Waals surface area contributed by atoms with Gasteiger partial charge in [-0.25, -0.2) is 0 Å². The molecule has 0 fully saturated rings. The van der Waals surface area contributed by atoms with E-state index in [4.69, 9.17) is 13.9 Å². The van der Waals surface area contributed by atoms with Crippen LogP contribution in [0.4, 0.5) is 5.69 Å². The minimum absolute atomic E-state index is 0.101. The number of benzene rings is 2. The van der Waals surface area contributed by atoms with E-state index in [1.54, 1.807) is 50.7 Å². The van der Waals surface area contributed by atoms with Crippen molar-refractivity contribution in [1.82, 2.24) is 15.1 Å². The first-order chi connectivity index (χ1) is 17.3. The molecule has 9 nitrogen and oxygen atoms in total. The third-order valence-electron chi connectivity index (χ3n) is 5.56. The summed E-state index contributed by atoms with van der Waals surface area (Å²) in [6, 6.07) is 14.6. The SMILES string of the molecule is COc1ccc(C(=O)Nc2cn(C)nc2C(=O)NCc2ccco2)cc1COc1cc(C)ccc1C. The number of aromatic nitrogens is 2. The molecule has 0 aliphatic carbocycles. The molecule has 0 saturated carbocycles. The van der Waals surface area contributed by atoms with Crippen molar-refractivity contribution in [2.45, 2.75) is 27.0 Å². The van der Waals surface area contributed by atoms with Gasteiger partial charge in [0.25, 0.3) is 11.8 Å². The van der Waals surface area contributed by atoms with Crippen LogP contribution in [0.25, 0.3) is 0 Å².